The fourth-order valence-electron chi connectivity index (χ4n) is 1.01. The van der Waals surface area contributed by atoms with E-state index in [-0.39, 0.29) is 0 Å². The van der Waals surface area contributed by atoms with Crippen LogP contribution in [0, 0.1) is 11.8 Å². The second kappa shape index (κ2) is 5.80. The van der Waals surface area contributed by atoms with Gasteiger partial charge in [-0.25, -0.2) is 0 Å². The number of allylic oxidation sites excluding steroid dienone is 4. The molecule has 0 unspecified atom stereocenters. The second-order valence-corrected chi connectivity index (χ2v) is 4.32. The molecule has 0 aliphatic carbocycles. The van der Waals surface area contributed by atoms with E-state index in [1.807, 2.05) is 0 Å². The molecule has 13 heavy (non-hydrogen) atoms. The van der Waals surface area contributed by atoms with Crippen LogP contribution in [0.15, 0.2) is 36.5 Å². The highest BCUT2D eigenvalue weighted by atomic mass is 14.0. The predicted octanol–water partition coefficient (Wildman–Crippen LogP) is 4.36. The van der Waals surface area contributed by atoms with Crippen LogP contribution in [0.5, 0.6) is 0 Å². The summed E-state index contributed by atoms with van der Waals surface area (Å²) >= 11 is 0. The SMILES string of the molecule is C=C(/C=C\C(=C)C(C)C)CC(C)C. The normalized spacial score (nSPS) is 11.5. The third kappa shape index (κ3) is 6.39. The molecule has 0 fully saturated rings. The van der Waals surface area contributed by atoms with E-state index >= 15 is 0 Å². The van der Waals surface area contributed by atoms with Crippen LogP contribution in [-0.4, -0.2) is 0 Å². The van der Waals surface area contributed by atoms with Gasteiger partial charge in [0, 0.05) is 0 Å². The van der Waals surface area contributed by atoms with Crippen LogP contribution in [0.25, 0.3) is 0 Å². The van der Waals surface area contributed by atoms with E-state index in [0.717, 1.165) is 6.42 Å². The van der Waals surface area contributed by atoms with Crippen molar-refractivity contribution in [2.24, 2.45) is 11.8 Å². The molecule has 0 rings (SSSR count). The first-order valence-corrected chi connectivity index (χ1v) is 4.98. The molecule has 74 valence electrons. The van der Waals surface area contributed by atoms with E-state index in [1.165, 1.54) is 11.1 Å². The summed E-state index contributed by atoms with van der Waals surface area (Å²) in [6, 6.07) is 0. The molecule has 0 saturated heterocycles. The molecule has 0 N–H and O–H groups in total. The van der Waals surface area contributed by atoms with Gasteiger partial charge >= 0.3 is 0 Å². The minimum absolute atomic E-state index is 0.531. The van der Waals surface area contributed by atoms with Crippen LogP contribution >= 0.6 is 0 Å². The molecule has 0 heteroatoms. The van der Waals surface area contributed by atoms with Gasteiger partial charge < -0.3 is 0 Å². The average molecular weight is 178 g/mol. The predicted molar refractivity (Wildman–Crippen MR) is 61.7 cm³/mol. The molecule has 0 aliphatic rings. The summed E-state index contributed by atoms with van der Waals surface area (Å²) in [5, 5.41) is 0. The Hall–Kier alpha value is -0.780. The largest absolute Gasteiger partial charge is 0.0958 e. The van der Waals surface area contributed by atoms with E-state index in [2.05, 4.69) is 53.0 Å². The van der Waals surface area contributed by atoms with E-state index in [4.69, 9.17) is 0 Å². The Morgan fingerprint density at radius 1 is 1.08 bits per heavy atom. The maximum absolute atomic E-state index is 4.00. The zero-order valence-corrected chi connectivity index (χ0v) is 9.43. The van der Waals surface area contributed by atoms with Crippen molar-refractivity contribution in [2.75, 3.05) is 0 Å². The maximum atomic E-state index is 4.00. The first-order valence-electron chi connectivity index (χ1n) is 4.98. The Kier molecular flexibility index (Phi) is 5.45. The Labute approximate surface area is 83.0 Å². The van der Waals surface area contributed by atoms with Crippen molar-refractivity contribution in [3.63, 3.8) is 0 Å². The van der Waals surface area contributed by atoms with Gasteiger partial charge in [0.05, 0.1) is 0 Å². The lowest BCUT2D eigenvalue weighted by molar-refractivity contribution is 0.651. The standard InChI is InChI=1S/C13H22/c1-10(2)9-12(5)7-8-13(6)11(3)4/h7-8,10-11H,5-6,9H2,1-4H3/b8-7-. The molecule has 0 bridgehead atoms. The fourth-order valence-corrected chi connectivity index (χ4v) is 1.01. The summed E-state index contributed by atoms with van der Waals surface area (Å²) in [6.07, 6.45) is 5.24. The second-order valence-electron chi connectivity index (χ2n) is 4.32. The third-order valence-electron chi connectivity index (χ3n) is 1.95. The zero-order chi connectivity index (χ0) is 10.4. The van der Waals surface area contributed by atoms with Crippen molar-refractivity contribution in [3.05, 3.63) is 36.5 Å². The Balaban J connectivity index is 3.98. The lowest BCUT2D eigenvalue weighted by Crippen LogP contribution is -1.90. The smallest absolute Gasteiger partial charge is 0.0225 e. The molecule has 0 spiro atoms. The molecule has 0 atom stereocenters. The summed E-state index contributed by atoms with van der Waals surface area (Å²) in [5.41, 5.74) is 2.36. The van der Waals surface area contributed by atoms with E-state index in [1.54, 1.807) is 0 Å². The van der Waals surface area contributed by atoms with Gasteiger partial charge in [0.1, 0.15) is 0 Å². The monoisotopic (exact) mass is 178 g/mol. The molecule has 0 aromatic heterocycles. The molecule has 0 amide bonds. The molecule has 0 aromatic carbocycles. The van der Waals surface area contributed by atoms with Crippen molar-refractivity contribution in [1.29, 1.82) is 0 Å². The number of hydrogen-bond donors (Lipinski definition) is 0. The summed E-state index contributed by atoms with van der Waals surface area (Å²) in [4.78, 5) is 0. The van der Waals surface area contributed by atoms with Crippen LogP contribution in [-0.2, 0) is 0 Å². The highest BCUT2D eigenvalue weighted by Gasteiger charge is 1.97. The topological polar surface area (TPSA) is 0 Å². The van der Waals surface area contributed by atoms with Gasteiger partial charge in [0.2, 0.25) is 0 Å². The molecule has 0 aromatic rings. The van der Waals surface area contributed by atoms with Crippen LogP contribution in [0.3, 0.4) is 0 Å². The van der Waals surface area contributed by atoms with Gasteiger partial charge in [-0.1, -0.05) is 64.2 Å². The maximum Gasteiger partial charge on any atom is -0.0225 e. The molecule has 0 aliphatic heterocycles. The molecule has 0 radical (unpaired) electrons. The van der Waals surface area contributed by atoms with Crippen LogP contribution in [0.4, 0.5) is 0 Å². The Morgan fingerprint density at radius 3 is 2.00 bits per heavy atom. The lowest BCUT2D eigenvalue weighted by Gasteiger charge is -2.05. The fraction of sp³-hybridized carbons (Fsp3) is 0.538. The highest BCUT2D eigenvalue weighted by Crippen LogP contribution is 2.13. The summed E-state index contributed by atoms with van der Waals surface area (Å²) in [6.45, 7) is 16.7. The minimum atomic E-state index is 0.531. The summed E-state index contributed by atoms with van der Waals surface area (Å²) < 4.78 is 0. The van der Waals surface area contributed by atoms with Gasteiger partial charge in [0.25, 0.3) is 0 Å². The molecule has 0 nitrogen and oxygen atoms in total. The van der Waals surface area contributed by atoms with Crippen molar-refractivity contribution in [3.8, 4) is 0 Å². The van der Waals surface area contributed by atoms with Crippen molar-refractivity contribution in [2.45, 2.75) is 34.1 Å². The third-order valence-corrected chi connectivity index (χ3v) is 1.95. The van der Waals surface area contributed by atoms with E-state index < -0.39 is 0 Å². The van der Waals surface area contributed by atoms with E-state index in [0.29, 0.717) is 11.8 Å². The van der Waals surface area contributed by atoms with Crippen LogP contribution in [0.1, 0.15) is 34.1 Å². The minimum Gasteiger partial charge on any atom is -0.0958 e. The van der Waals surface area contributed by atoms with Crippen molar-refractivity contribution >= 4 is 0 Å². The lowest BCUT2D eigenvalue weighted by atomic mass is 10.0. The first kappa shape index (κ1) is 12.2. The molecule has 0 saturated carbocycles. The summed E-state index contributed by atoms with van der Waals surface area (Å²) in [5.74, 6) is 1.22. The Morgan fingerprint density at radius 2 is 1.62 bits per heavy atom. The van der Waals surface area contributed by atoms with Crippen LogP contribution in [0.2, 0.25) is 0 Å². The van der Waals surface area contributed by atoms with Crippen molar-refractivity contribution in [1.82, 2.24) is 0 Å². The van der Waals surface area contributed by atoms with Crippen molar-refractivity contribution < 1.29 is 0 Å². The molecule has 0 heterocycles. The molecular formula is C13H22. The Bertz CT molecular complexity index is 204. The molecular weight excluding hydrogens is 156 g/mol. The van der Waals surface area contributed by atoms with Crippen LogP contribution < -0.4 is 0 Å². The van der Waals surface area contributed by atoms with Gasteiger partial charge in [-0.05, 0) is 18.3 Å². The first-order chi connectivity index (χ1) is 5.93. The number of rotatable bonds is 5. The van der Waals surface area contributed by atoms with Gasteiger partial charge in [-0.3, -0.25) is 0 Å². The quantitative estimate of drug-likeness (QED) is 0.549. The average Bonchev–Trinajstić information content (AvgIpc) is 1.98. The highest BCUT2D eigenvalue weighted by molar-refractivity contribution is 5.25. The summed E-state index contributed by atoms with van der Waals surface area (Å²) in [7, 11) is 0. The van der Waals surface area contributed by atoms with Gasteiger partial charge in [0.15, 0.2) is 0 Å². The van der Waals surface area contributed by atoms with E-state index in [9.17, 15) is 0 Å². The van der Waals surface area contributed by atoms with Gasteiger partial charge in [-0.15, -0.1) is 0 Å². The zero-order valence-electron chi connectivity index (χ0n) is 9.43. The van der Waals surface area contributed by atoms with Gasteiger partial charge in [-0.2, -0.15) is 0 Å². The number of hydrogen-bond acceptors (Lipinski definition) is 0.